The van der Waals surface area contributed by atoms with E-state index in [0.29, 0.717) is 11.3 Å². The van der Waals surface area contributed by atoms with Gasteiger partial charge in [0.25, 0.3) is 11.8 Å². The second-order valence-corrected chi connectivity index (χ2v) is 5.62. The molecule has 1 heterocycles. The Morgan fingerprint density at radius 1 is 0.920 bits per heavy atom. The maximum Gasteiger partial charge on any atom is 0.291 e. The fourth-order valence-corrected chi connectivity index (χ4v) is 2.44. The molecule has 3 rings (SSSR count). The average molecular weight is 334 g/mol. The third kappa shape index (κ3) is 4.14. The summed E-state index contributed by atoms with van der Waals surface area (Å²) < 4.78 is 5.06. The van der Waals surface area contributed by atoms with Crippen LogP contribution in [0.15, 0.2) is 77.4 Å². The lowest BCUT2D eigenvalue weighted by atomic mass is 10.1. The zero-order chi connectivity index (χ0) is 17.6. The van der Waals surface area contributed by atoms with Crippen LogP contribution in [0, 0.1) is 0 Å². The van der Waals surface area contributed by atoms with Crippen LogP contribution in [0.2, 0.25) is 0 Å². The molecule has 1 atom stereocenters. The first-order valence-corrected chi connectivity index (χ1v) is 7.94. The fourth-order valence-electron chi connectivity index (χ4n) is 2.44. The second-order valence-electron chi connectivity index (χ2n) is 5.62. The van der Waals surface area contributed by atoms with Gasteiger partial charge in [-0.05, 0) is 42.8 Å². The van der Waals surface area contributed by atoms with E-state index in [2.05, 4.69) is 10.6 Å². The van der Waals surface area contributed by atoms with Gasteiger partial charge in [0.2, 0.25) is 0 Å². The number of carbonyl (C=O) groups excluding carboxylic acids is 2. The van der Waals surface area contributed by atoms with Crippen LogP contribution in [-0.4, -0.2) is 11.8 Å². The maximum atomic E-state index is 12.5. The summed E-state index contributed by atoms with van der Waals surface area (Å²) in [4.78, 5) is 24.5. The highest BCUT2D eigenvalue weighted by molar-refractivity contribution is 6.03. The van der Waals surface area contributed by atoms with Crippen LogP contribution in [-0.2, 0) is 0 Å². The van der Waals surface area contributed by atoms with Crippen LogP contribution in [0.25, 0.3) is 0 Å². The summed E-state index contributed by atoms with van der Waals surface area (Å²) in [7, 11) is 0. The molecule has 0 fully saturated rings. The summed E-state index contributed by atoms with van der Waals surface area (Å²) in [6.07, 6.45) is 1.43. The number of hydrogen-bond acceptors (Lipinski definition) is 3. The number of benzene rings is 2. The van der Waals surface area contributed by atoms with Gasteiger partial charge >= 0.3 is 0 Å². The van der Waals surface area contributed by atoms with Crippen LogP contribution < -0.4 is 10.6 Å². The molecule has 5 nitrogen and oxygen atoms in total. The Labute approximate surface area is 145 Å². The Morgan fingerprint density at radius 2 is 1.72 bits per heavy atom. The second kappa shape index (κ2) is 7.49. The summed E-state index contributed by atoms with van der Waals surface area (Å²) >= 11 is 0. The molecule has 1 aromatic heterocycles. The van der Waals surface area contributed by atoms with Crippen molar-refractivity contribution in [3.05, 3.63) is 89.9 Å². The van der Waals surface area contributed by atoms with Gasteiger partial charge in [-0.1, -0.05) is 36.4 Å². The van der Waals surface area contributed by atoms with Crippen LogP contribution >= 0.6 is 0 Å². The van der Waals surface area contributed by atoms with Gasteiger partial charge in [-0.15, -0.1) is 0 Å². The monoisotopic (exact) mass is 334 g/mol. The molecular weight excluding hydrogens is 316 g/mol. The van der Waals surface area contributed by atoms with E-state index in [0.717, 1.165) is 5.56 Å². The van der Waals surface area contributed by atoms with E-state index in [4.69, 9.17) is 4.42 Å². The van der Waals surface area contributed by atoms with Crippen molar-refractivity contribution in [1.29, 1.82) is 0 Å². The highest BCUT2D eigenvalue weighted by Crippen LogP contribution is 2.15. The van der Waals surface area contributed by atoms with E-state index in [-0.39, 0.29) is 23.6 Å². The molecule has 0 bridgehead atoms. The highest BCUT2D eigenvalue weighted by atomic mass is 16.3. The average Bonchev–Trinajstić information content (AvgIpc) is 3.17. The van der Waals surface area contributed by atoms with E-state index >= 15 is 0 Å². The Balaban J connectivity index is 1.68. The Hall–Kier alpha value is -3.34. The molecule has 2 N–H and O–H groups in total. The Bertz CT molecular complexity index is 858. The van der Waals surface area contributed by atoms with Crippen molar-refractivity contribution in [2.45, 2.75) is 13.0 Å². The fraction of sp³-hybridized carbons (Fsp3) is 0.100. The third-order valence-electron chi connectivity index (χ3n) is 3.77. The number of anilines is 1. The number of amides is 2. The van der Waals surface area contributed by atoms with Crippen LogP contribution in [0.4, 0.5) is 5.69 Å². The maximum absolute atomic E-state index is 12.5. The molecule has 0 aliphatic heterocycles. The van der Waals surface area contributed by atoms with Gasteiger partial charge < -0.3 is 15.1 Å². The molecule has 25 heavy (non-hydrogen) atoms. The van der Waals surface area contributed by atoms with Crippen molar-refractivity contribution in [2.75, 3.05) is 5.32 Å². The molecule has 2 aromatic carbocycles. The predicted octanol–water partition coefficient (Wildman–Crippen LogP) is 4.02. The van der Waals surface area contributed by atoms with Crippen molar-refractivity contribution in [3.63, 3.8) is 0 Å². The lowest BCUT2D eigenvalue weighted by molar-refractivity contribution is 0.0938. The number of rotatable bonds is 5. The third-order valence-corrected chi connectivity index (χ3v) is 3.77. The first kappa shape index (κ1) is 16.5. The first-order valence-electron chi connectivity index (χ1n) is 7.94. The molecule has 0 aliphatic rings. The smallest absolute Gasteiger partial charge is 0.291 e. The van der Waals surface area contributed by atoms with E-state index in [1.54, 1.807) is 36.4 Å². The van der Waals surface area contributed by atoms with Crippen molar-refractivity contribution in [2.24, 2.45) is 0 Å². The minimum Gasteiger partial charge on any atom is -0.459 e. The highest BCUT2D eigenvalue weighted by Gasteiger charge is 2.13. The zero-order valence-corrected chi connectivity index (χ0v) is 13.7. The normalized spacial score (nSPS) is 11.6. The number of furan rings is 1. The minimum atomic E-state index is -0.361. The topological polar surface area (TPSA) is 71.3 Å². The van der Waals surface area contributed by atoms with Gasteiger partial charge in [-0.25, -0.2) is 0 Å². The van der Waals surface area contributed by atoms with Gasteiger partial charge in [0.1, 0.15) is 0 Å². The zero-order valence-electron chi connectivity index (χ0n) is 13.7. The molecule has 0 aliphatic carbocycles. The van der Waals surface area contributed by atoms with Crippen LogP contribution in [0.1, 0.15) is 39.4 Å². The summed E-state index contributed by atoms with van der Waals surface area (Å²) in [5.41, 5.74) is 2.03. The lowest BCUT2D eigenvalue weighted by Gasteiger charge is -2.14. The molecule has 0 unspecified atom stereocenters. The van der Waals surface area contributed by atoms with Gasteiger partial charge in [0.15, 0.2) is 5.76 Å². The molecule has 0 radical (unpaired) electrons. The Morgan fingerprint density at radius 3 is 2.44 bits per heavy atom. The molecule has 126 valence electrons. The largest absolute Gasteiger partial charge is 0.459 e. The molecule has 0 saturated carbocycles. The van der Waals surface area contributed by atoms with Gasteiger partial charge in [-0.2, -0.15) is 0 Å². The molecule has 0 saturated heterocycles. The van der Waals surface area contributed by atoms with Gasteiger partial charge in [0, 0.05) is 11.3 Å². The summed E-state index contributed by atoms with van der Waals surface area (Å²) in [6.45, 7) is 1.93. The van der Waals surface area contributed by atoms with Crippen molar-refractivity contribution in [1.82, 2.24) is 5.32 Å². The van der Waals surface area contributed by atoms with E-state index in [1.807, 2.05) is 37.3 Å². The van der Waals surface area contributed by atoms with E-state index in [9.17, 15) is 9.59 Å². The summed E-state index contributed by atoms with van der Waals surface area (Å²) in [6, 6.07) is 19.6. The van der Waals surface area contributed by atoms with E-state index < -0.39 is 0 Å². The minimum absolute atomic E-state index is 0.116. The lowest BCUT2D eigenvalue weighted by Crippen LogP contribution is -2.26. The predicted molar refractivity (Wildman–Crippen MR) is 95.4 cm³/mol. The number of hydrogen-bond donors (Lipinski definition) is 2. The standard InChI is InChI=1S/C20H18N2O3/c1-14(15-7-3-2-4-8-15)21-19(23)16-9-5-10-17(13-16)22-20(24)18-11-6-12-25-18/h2-14H,1H3,(H,21,23)(H,22,24)/t14-/m0/s1. The molecule has 5 heteroatoms. The van der Waals surface area contributed by atoms with Crippen molar-refractivity contribution < 1.29 is 14.0 Å². The van der Waals surface area contributed by atoms with E-state index in [1.165, 1.54) is 6.26 Å². The van der Waals surface area contributed by atoms with Crippen molar-refractivity contribution >= 4 is 17.5 Å². The molecule has 3 aromatic rings. The summed E-state index contributed by atoms with van der Waals surface area (Å²) in [5.74, 6) is -0.349. The number of carbonyl (C=O) groups is 2. The van der Waals surface area contributed by atoms with Gasteiger partial charge in [0.05, 0.1) is 12.3 Å². The van der Waals surface area contributed by atoms with Crippen LogP contribution in [0.5, 0.6) is 0 Å². The van der Waals surface area contributed by atoms with Crippen LogP contribution in [0.3, 0.4) is 0 Å². The SMILES string of the molecule is C[C@H](NC(=O)c1cccc(NC(=O)c2ccco2)c1)c1ccccc1. The Kier molecular flexibility index (Phi) is 4.95. The first-order chi connectivity index (χ1) is 12.1. The molecule has 0 spiro atoms. The van der Waals surface area contributed by atoms with Gasteiger partial charge in [-0.3, -0.25) is 9.59 Å². The number of nitrogens with one attached hydrogen (secondary N) is 2. The van der Waals surface area contributed by atoms with Crippen molar-refractivity contribution in [3.8, 4) is 0 Å². The molecular formula is C20H18N2O3. The quantitative estimate of drug-likeness (QED) is 0.740. The molecule has 2 amide bonds. The summed E-state index contributed by atoms with van der Waals surface area (Å²) in [5, 5.41) is 5.66.